The van der Waals surface area contributed by atoms with Gasteiger partial charge in [-0.1, -0.05) is 6.58 Å². The summed E-state index contributed by atoms with van der Waals surface area (Å²) < 4.78 is 5.44. The van der Waals surface area contributed by atoms with Crippen LogP contribution >= 0.6 is 0 Å². The standard InChI is InChI=1S/C16H21N3O3/c1-3-22-11(2)12-4-15(6-17-5-12)18-7-13-9-19(16(20)21)10-14(13)8-18/h4-6,13-14H,2-3,7-10H2,1H3,(H,20,21). The predicted octanol–water partition coefficient (Wildman–Crippen LogP) is 2.13. The highest BCUT2D eigenvalue weighted by atomic mass is 16.5. The van der Waals surface area contributed by atoms with Gasteiger partial charge in [-0.25, -0.2) is 4.79 Å². The van der Waals surface area contributed by atoms with E-state index >= 15 is 0 Å². The third-order valence-electron chi connectivity index (χ3n) is 4.49. The summed E-state index contributed by atoms with van der Waals surface area (Å²) in [5.41, 5.74) is 1.94. The van der Waals surface area contributed by atoms with E-state index in [1.54, 1.807) is 6.20 Å². The molecular weight excluding hydrogens is 282 g/mol. The second-order valence-corrected chi connectivity index (χ2v) is 5.90. The van der Waals surface area contributed by atoms with E-state index in [2.05, 4.69) is 16.5 Å². The van der Waals surface area contributed by atoms with Gasteiger partial charge in [0.15, 0.2) is 0 Å². The molecule has 2 unspecified atom stereocenters. The highest BCUT2D eigenvalue weighted by Crippen LogP contribution is 2.34. The van der Waals surface area contributed by atoms with E-state index in [0.717, 1.165) is 24.3 Å². The van der Waals surface area contributed by atoms with Crippen molar-refractivity contribution in [3.05, 3.63) is 30.6 Å². The summed E-state index contributed by atoms with van der Waals surface area (Å²) in [6, 6.07) is 2.04. The minimum Gasteiger partial charge on any atom is -0.494 e. The smallest absolute Gasteiger partial charge is 0.407 e. The van der Waals surface area contributed by atoms with E-state index in [-0.39, 0.29) is 0 Å². The Kier molecular flexibility index (Phi) is 3.92. The van der Waals surface area contributed by atoms with Crippen molar-refractivity contribution < 1.29 is 14.6 Å². The molecule has 6 nitrogen and oxygen atoms in total. The van der Waals surface area contributed by atoms with Crippen LogP contribution in [0.5, 0.6) is 0 Å². The van der Waals surface area contributed by atoms with Gasteiger partial charge in [0.05, 0.1) is 18.5 Å². The Balaban J connectivity index is 1.69. The minimum absolute atomic E-state index is 0.412. The van der Waals surface area contributed by atoms with Gasteiger partial charge < -0.3 is 19.6 Å². The monoisotopic (exact) mass is 303 g/mol. The number of carbonyl (C=O) groups is 1. The number of aromatic nitrogens is 1. The van der Waals surface area contributed by atoms with Crippen molar-refractivity contribution in [1.82, 2.24) is 9.88 Å². The molecule has 0 radical (unpaired) electrons. The molecule has 1 N–H and O–H groups in total. The second kappa shape index (κ2) is 5.87. The molecule has 118 valence electrons. The molecule has 0 aliphatic carbocycles. The predicted molar refractivity (Wildman–Crippen MR) is 83.7 cm³/mol. The number of likely N-dealkylation sites (tertiary alicyclic amines) is 1. The number of nitrogens with zero attached hydrogens (tertiary/aromatic N) is 3. The summed E-state index contributed by atoms with van der Waals surface area (Å²) in [4.78, 5) is 19.1. The molecule has 1 aromatic rings. The van der Waals surface area contributed by atoms with Crippen LogP contribution in [0.15, 0.2) is 25.0 Å². The normalized spacial score (nSPS) is 23.5. The molecule has 1 amide bonds. The molecule has 2 atom stereocenters. The Morgan fingerprint density at radius 1 is 1.36 bits per heavy atom. The molecule has 2 saturated heterocycles. The van der Waals surface area contributed by atoms with Crippen LogP contribution in [-0.2, 0) is 4.74 Å². The highest BCUT2D eigenvalue weighted by molar-refractivity contribution is 5.66. The van der Waals surface area contributed by atoms with Gasteiger partial charge >= 0.3 is 6.09 Å². The fraction of sp³-hybridized carbons (Fsp3) is 0.500. The molecule has 6 heteroatoms. The van der Waals surface area contributed by atoms with Crippen molar-refractivity contribution in [2.75, 3.05) is 37.7 Å². The molecule has 0 spiro atoms. The number of anilines is 1. The van der Waals surface area contributed by atoms with Crippen molar-refractivity contribution in [2.45, 2.75) is 6.92 Å². The first-order valence-corrected chi connectivity index (χ1v) is 7.58. The molecule has 0 bridgehead atoms. The Bertz CT molecular complexity index is 576. The fourth-order valence-corrected chi connectivity index (χ4v) is 3.37. The van der Waals surface area contributed by atoms with Crippen LogP contribution in [0.4, 0.5) is 10.5 Å². The van der Waals surface area contributed by atoms with Crippen LogP contribution in [0.1, 0.15) is 12.5 Å². The molecule has 2 aliphatic heterocycles. The second-order valence-electron chi connectivity index (χ2n) is 5.90. The average molecular weight is 303 g/mol. The van der Waals surface area contributed by atoms with Crippen molar-refractivity contribution >= 4 is 17.5 Å². The molecule has 3 heterocycles. The van der Waals surface area contributed by atoms with Gasteiger partial charge in [-0.15, -0.1) is 0 Å². The molecule has 2 aliphatic rings. The van der Waals surface area contributed by atoms with E-state index in [1.807, 2.05) is 19.2 Å². The van der Waals surface area contributed by atoms with Crippen LogP contribution in [0.25, 0.3) is 5.76 Å². The number of hydrogen-bond donors (Lipinski definition) is 1. The topological polar surface area (TPSA) is 65.9 Å². The lowest BCUT2D eigenvalue weighted by molar-refractivity contribution is 0.153. The Morgan fingerprint density at radius 2 is 2.05 bits per heavy atom. The zero-order valence-corrected chi connectivity index (χ0v) is 12.7. The minimum atomic E-state index is -0.808. The van der Waals surface area contributed by atoms with E-state index in [4.69, 9.17) is 9.84 Å². The van der Waals surface area contributed by atoms with Gasteiger partial charge in [0, 0.05) is 49.8 Å². The average Bonchev–Trinajstić information content (AvgIpc) is 3.06. The lowest BCUT2D eigenvalue weighted by Crippen LogP contribution is -2.32. The van der Waals surface area contributed by atoms with E-state index in [1.165, 1.54) is 4.90 Å². The summed E-state index contributed by atoms with van der Waals surface area (Å²) in [5.74, 6) is 1.46. The van der Waals surface area contributed by atoms with Gasteiger partial charge in [-0.3, -0.25) is 4.98 Å². The zero-order chi connectivity index (χ0) is 15.7. The number of fused-ring (bicyclic) bond motifs is 1. The van der Waals surface area contributed by atoms with Crippen LogP contribution < -0.4 is 4.90 Å². The molecular formula is C16H21N3O3. The van der Waals surface area contributed by atoms with Gasteiger partial charge in [0.1, 0.15) is 5.76 Å². The maximum absolute atomic E-state index is 11.0. The third-order valence-corrected chi connectivity index (χ3v) is 4.49. The van der Waals surface area contributed by atoms with Gasteiger partial charge in [-0.2, -0.15) is 0 Å². The zero-order valence-electron chi connectivity index (χ0n) is 12.7. The fourth-order valence-electron chi connectivity index (χ4n) is 3.37. The van der Waals surface area contributed by atoms with E-state index in [9.17, 15) is 4.79 Å². The lowest BCUT2D eigenvalue weighted by atomic mass is 10.0. The van der Waals surface area contributed by atoms with Crippen molar-refractivity contribution in [3.8, 4) is 0 Å². The summed E-state index contributed by atoms with van der Waals surface area (Å²) in [5, 5.41) is 9.08. The SMILES string of the molecule is C=C(OCC)c1cncc(N2CC3CN(C(=O)O)CC3C2)c1. The highest BCUT2D eigenvalue weighted by Gasteiger charge is 2.41. The summed E-state index contributed by atoms with van der Waals surface area (Å²) in [7, 11) is 0. The molecule has 1 aromatic heterocycles. The Labute approximate surface area is 130 Å². The number of pyridine rings is 1. The summed E-state index contributed by atoms with van der Waals surface area (Å²) in [6.45, 7) is 9.45. The summed E-state index contributed by atoms with van der Waals surface area (Å²) >= 11 is 0. The van der Waals surface area contributed by atoms with E-state index in [0.29, 0.717) is 37.3 Å². The quantitative estimate of drug-likeness (QED) is 0.863. The summed E-state index contributed by atoms with van der Waals surface area (Å²) in [6.07, 6.45) is 2.79. The number of ether oxygens (including phenoxy) is 1. The maximum Gasteiger partial charge on any atom is 0.407 e. The van der Waals surface area contributed by atoms with Crippen LogP contribution in [0.2, 0.25) is 0 Å². The van der Waals surface area contributed by atoms with Crippen LogP contribution in [-0.4, -0.2) is 53.9 Å². The molecule has 0 saturated carbocycles. The Morgan fingerprint density at radius 3 is 2.64 bits per heavy atom. The van der Waals surface area contributed by atoms with Crippen molar-refractivity contribution in [2.24, 2.45) is 11.8 Å². The van der Waals surface area contributed by atoms with E-state index < -0.39 is 6.09 Å². The molecule has 0 aromatic carbocycles. The first-order chi connectivity index (χ1) is 10.6. The number of rotatable bonds is 4. The van der Waals surface area contributed by atoms with Gasteiger partial charge in [0.25, 0.3) is 0 Å². The number of carboxylic acid groups (broad SMARTS) is 1. The Hall–Kier alpha value is -2.24. The lowest BCUT2D eigenvalue weighted by Gasteiger charge is -2.22. The number of amides is 1. The van der Waals surface area contributed by atoms with Gasteiger partial charge in [-0.05, 0) is 13.0 Å². The first-order valence-electron chi connectivity index (χ1n) is 7.58. The maximum atomic E-state index is 11.0. The third kappa shape index (κ3) is 2.73. The van der Waals surface area contributed by atoms with Crippen LogP contribution in [0, 0.1) is 11.8 Å². The number of hydrogen-bond acceptors (Lipinski definition) is 4. The molecule has 2 fully saturated rings. The van der Waals surface area contributed by atoms with Crippen molar-refractivity contribution in [3.63, 3.8) is 0 Å². The van der Waals surface area contributed by atoms with Crippen molar-refractivity contribution in [1.29, 1.82) is 0 Å². The molecule has 22 heavy (non-hydrogen) atoms. The first kappa shape index (κ1) is 14.7. The largest absolute Gasteiger partial charge is 0.494 e. The van der Waals surface area contributed by atoms with Gasteiger partial charge in [0.2, 0.25) is 0 Å². The molecule has 3 rings (SSSR count). The van der Waals surface area contributed by atoms with Crippen LogP contribution in [0.3, 0.4) is 0 Å².